The number of nitrogens with two attached hydrogens (primary N) is 1. The van der Waals surface area contributed by atoms with Crippen molar-refractivity contribution < 1.29 is 0 Å². The third kappa shape index (κ3) is 2.44. The molecule has 0 aliphatic carbocycles. The number of aryl methyl sites for hydroxylation is 1. The standard InChI is InChI=1S/C14H21N3/c1-4-17-9-11(8-16-10(2)3)13-6-5-12(15)7-14(13)17/h5-7,9-10,16H,4,8,15H2,1-3H3. The first-order valence-corrected chi connectivity index (χ1v) is 6.22. The van der Waals surface area contributed by atoms with E-state index in [9.17, 15) is 0 Å². The second kappa shape index (κ2) is 4.80. The number of aromatic nitrogens is 1. The lowest BCUT2D eigenvalue weighted by molar-refractivity contribution is 0.589. The van der Waals surface area contributed by atoms with E-state index in [-0.39, 0.29) is 0 Å². The summed E-state index contributed by atoms with van der Waals surface area (Å²) in [5, 5.41) is 4.76. The predicted octanol–water partition coefficient (Wildman–Crippen LogP) is 2.74. The number of hydrogen-bond acceptors (Lipinski definition) is 2. The van der Waals surface area contributed by atoms with Gasteiger partial charge < -0.3 is 15.6 Å². The minimum atomic E-state index is 0.504. The normalized spacial score (nSPS) is 11.5. The van der Waals surface area contributed by atoms with Gasteiger partial charge in [0.15, 0.2) is 0 Å². The molecular formula is C14H21N3. The Morgan fingerprint density at radius 1 is 1.35 bits per heavy atom. The van der Waals surface area contributed by atoms with Crippen LogP contribution in [0.1, 0.15) is 26.3 Å². The fourth-order valence-electron chi connectivity index (χ4n) is 2.10. The molecule has 0 unspecified atom stereocenters. The highest BCUT2D eigenvalue weighted by Crippen LogP contribution is 2.23. The summed E-state index contributed by atoms with van der Waals surface area (Å²) in [6.07, 6.45) is 2.22. The Labute approximate surface area is 103 Å². The fraction of sp³-hybridized carbons (Fsp3) is 0.429. The molecule has 1 heterocycles. The SMILES string of the molecule is CCn1cc(CNC(C)C)c2ccc(N)cc21. The van der Waals surface area contributed by atoms with Crippen LogP contribution in [0.4, 0.5) is 5.69 Å². The van der Waals surface area contributed by atoms with E-state index >= 15 is 0 Å². The smallest absolute Gasteiger partial charge is 0.0504 e. The van der Waals surface area contributed by atoms with Crippen LogP contribution >= 0.6 is 0 Å². The van der Waals surface area contributed by atoms with E-state index in [0.29, 0.717) is 6.04 Å². The van der Waals surface area contributed by atoms with Gasteiger partial charge in [0.1, 0.15) is 0 Å². The monoisotopic (exact) mass is 231 g/mol. The Morgan fingerprint density at radius 2 is 2.12 bits per heavy atom. The lowest BCUT2D eigenvalue weighted by atomic mass is 10.1. The molecule has 0 spiro atoms. The van der Waals surface area contributed by atoms with Crippen molar-refractivity contribution in [2.75, 3.05) is 5.73 Å². The van der Waals surface area contributed by atoms with E-state index in [4.69, 9.17) is 5.73 Å². The number of rotatable bonds is 4. The Morgan fingerprint density at radius 3 is 2.76 bits per heavy atom. The molecule has 1 aromatic heterocycles. The summed E-state index contributed by atoms with van der Waals surface area (Å²) in [7, 11) is 0. The van der Waals surface area contributed by atoms with Gasteiger partial charge in [0.2, 0.25) is 0 Å². The number of nitrogens with zero attached hydrogens (tertiary/aromatic N) is 1. The third-order valence-electron chi connectivity index (χ3n) is 3.03. The fourth-order valence-corrected chi connectivity index (χ4v) is 2.10. The highest BCUT2D eigenvalue weighted by Gasteiger charge is 2.08. The molecule has 3 heteroatoms. The summed E-state index contributed by atoms with van der Waals surface area (Å²) in [5.74, 6) is 0. The van der Waals surface area contributed by atoms with Gasteiger partial charge in [0.05, 0.1) is 5.52 Å². The number of nitrogen functional groups attached to an aromatic ring is 1. The first-order valence-electron chi connectivity index (χ1n) is 6.22. The van der Waals surface area contributed by atoms with Crippen LogP contribution in [0.25, 0.3) is 10.9 Å². The second-order valence-corrected chi connectivity index (χ2v) is 4.75. The van der Waals surface area contributed by atoms with Crippen LogP contribution in [0.15, 0.2) is 24.4 Å². The average molecular weight is 231 g/mol. The molecule has 17 heavy (non-hydrogen) atoms. The van der Waals surface area contributed by atoms with E-state index in [1.54, 1.807) is 0 Å². The topological polar surface area (TPSA) is 43.0 Å². The molecule has 0 radical (unpaired) electrons. The zero-order chi connectivity index (χ0) is 12.4. The molecule has 2 aromatic rings. The molecule has 0 aliphatic rings. The van der Waals surface area contributed by atoms with Gasteiger partial charge in [0, 0.05) is 36.4 Å². The van der Waals surface area contributed by atoms with E-state index in [1.807, 2.05) is 6.07 Å². The quantitative estimate of drug-likeness (QED) is 0.795. The maximum Gasteiger partial charge on any atom is 0.0504 e. The Balaban J connectivity index is 2.42. The molecule has 3 N–H and O–H groups in total. The molecule has 92 valence electrons. The van der Waals surface area contributed by atoms with Crippen LogP contribution in [0.2, 0.25) is 0 Å². The lowest BCUT2D eigenvalue weighted by Gasteiger charge is -2.06. The van der Waals surface area contributed by atoms with Gasteiger partial charge >= 0.3 is 0 Å². The van der Waals surface area contributed by atoms with Gasteiger partial charge in [0.25, 0.3) is 0 Å². The largest absolute Gasteiger partial charge is 0.399 e. The van der Waals surface area contributed by atoms with Crippen molar-refractivity contribution >= 4 is 16.6 Å². The first-order chi connectivity index (χ1) is 8.11. The van der Waals surface area contributed by atoms with E-state index in [0.717, 1.165) is 18.8 Å². The molecule has 0 amide bonds. The van der Waals surface area contributed by atoms with Crippen molar-refractivity contribution in [3.05, 3.63) is 30.0 Å². The predicted molar refractivity (Wildman–Crippen MR) is 74.0 cm³/mol. The Kier molecular flexibility index (Phi) is 3.38. The van der Waals surface area contributed by atoms with Crippen LogP contribution in [0, 0.1) is 0 Å². The van der Waals surface area contributed by atoms with Gasteiger partial charge in [-0.2, -0.15) is 0 Å². The number of nitrogens with one attached hydrogen (secondary N) is 1. The van der Waals surface area contributed by atoms with Crippen molar-refractivity contribution in [3.63, 3.8) is 0 Å². The summed E-state index contributed by atoms with van der Waals surface area (Å²) >= 11 is 0. The van der Waals surface area contributed by atoms with Gasteiger partial charge in [-0.15, -0.1) is 0 Å². The van der Waals surface area contributed by atoms with Crippen molar-refractivity contribution in [2.24, 2.45) is 0 Å². The number of hydrogen-bond donors (Lipinski definition) is 2. The second-order valence-electron chi connectivity index (χ2n) is 4.75. The maximum absolute atomic E-state index is 5.85. The van der Waals surface area contributed by atoms with E-state index in [2.05, 4.69) is 49.0 Å². The summed E-state index contributed by atoms with van der Waals surface area (Å²) < 4.78 is 2.25. The van der Waals surface area contributed by atoms with Gasteiger partial charge in [-0.3, -0.25) is 0 Å². The zero-order valence-electron chi connectivity index (χ0n) is 10.8. The van der Waals surface area contributed by atoms with E-state index < -0.39 is 0 Å². The first kappa shape index (κ1) is 12.0. The Bertz CT molecular complexity index is 511. The van der Waals surface area contributed by atoms with Gasteiger partial charge in [-0.05, 0) is 24.6 Å². The summed E-state index contributed by atoms with van der Waals surface area (Å²) in [6.45, 7) is 8.36. The van der Waals surface area contributed by atoms with Crippen LogP contribution in [-0.4, -0.2) is 10.6 Å². The van der Waals surface area contributed by atoms with Crippen LogP contribution in [0.3, 0.4) is 0 Å². The number of fused-ring (bicyclic) bond motifs is 1. The minimum absolute atomic E-state index is 0.504. The van der Waals surface area contributed by atoms with Gasteiger partial charge in [-0.25, -0.2) is 0 Å². The van der Waals surface area contributed by atoms with Crippen molar-refractivity contribution in [2.45, 2.75) is 39.9 Å². The van der Waals surface area contributed by atoms with Crippen LogP contribution < -0.4 is 11.1 Å². The van der Waals surface area contributed by atoms with Crippen molar-refractivity contribution in [3.8, 4) is 0 Å². The molecule has 3 nitrogen and oxygen atoms in total. The molecular weight excluding hydrogens is 210 g/mol. The third-order valence-corrected chi connectivity index (χ3v) is 3.03. The molecule has 0 atom stereocenters. The molecule has 0 bridgehead atoms. The van der Waals surface area contributed by atoms with Crippen LogP contribution in [-0.2, 0) is 13.1 Å². The molecule has 1 aromatic carbocycles. The van der Waals surface area contributed by atoms with Crippen molar-refractivity contribution in [1.29, 1.82) is 0 Å². The molecule has 0 saturated carbocycles. The Hall–Kier alpha value is -1.48. The summed E-state index contributed by atoms with van der Waals surface area (Å²) in [4.78, 5) is 0. The summed E-state index contributed by atoms with van der Waals surface area (Å²) in [5.41, 5.74) is 9.25. The van der Waals surface area contributed by atoms with Gasteiger partial charge in [-0.1, -0.05) is 19.9 Å². The van der Waals surface area contributed by atoms with Crippen LogP contribution in [0.5, 0.6) is 0 Å². The molecule has 0 aliphatic heterocycles. The molecule has 2 rings (SSSR count). The lowest BCUT2D eigenvalue weighted by Crippen LogP contribution is -2.21. The highest BCUT2D eigenvalue weighted by atomic mass is 15.0. The number of benzene rings is 1. The maximum atomic E-state index is 5.85. The highest BCUT2D eigenvalue weighted by molar-refractivity contribution is 5.86. The molecule has 0 saturated heterocycles. The molecule has 0 fully saturated rings. The number of anilines is 1. The summed E-state index contributed by atoms with van der Waals surface area (Å²) in [6, 6.07) is 6.65. The van der Waals surface area contributed by atoms with Crippen molar-refractivity contribution in [1.82, 2.24) is 9.88 Å². The average Bonchev–Trinajstić information content (AvgIpc) is 2.63. The zero-order valence-corrected chi connectivity index (χ0v) is 10.8. The minimum Gasteiger partial charge on any atom is -0.399 e. The van der Waals surface area contributed by atoms with E-state index in [1.165, 1.54) is 16.5 Å².